The fourth-order valence-electron chi connectivity index (χ4n) is 2.19. The van der Waals surface area contributed by atoms with Crippen molar-refractivity contribution in [2.45, 2.75) is 20.0 Å². The van der Waals surface area contributed by atoms with Crippen LogP contribution in [-0.4, -0.2) is 22.5 Å². The first-order valence-electron chi connectivity index (χ1n) is 7.32. The van der Waals surface area contributed by atoms with Crippen molar-refractivity contribution in [1.82, 2.24) is 9.97 Å². The molecule has 6 nitrogen and oxygen atoms in total. The van der Waals surface area contributed by atoms with Gasteiger partial charge in [-0.2, -0.15) is 0 Å². The van der Waals surface area contributed by atoms with Crippen LogP contribution in [0.25, 0.3) is 10.9 Å². The minimum Gasteiger partial charge on any atom is -0.479 e. The highest BCUT2D eigenvalue weighted by Crippen LogP contribution is 2.27. The summed E-state index contributed by atoms with van der Waals surface area (Å²) in [5.74, 6) is 0.425. The predicted octanol–water partition coefficient (Wildman–Crippen LogP) is 3.54. The van der Waals surface area contributed by atoms with Crippen LogP contribution in [0.1, 0.15) is 36.3 Å². The van der Waals surface area contributed by atoms with Gasteiger partial charge in [0.2, 0.25) is 5.89 Å². The van der Waals surface area contributed by atoms with Crippen molar-refractivity contribution in [3.63, 3.8) is 0 Å². The fraction of sp³-hybridized carbons (Fsp3) is 0.235. The first-order chi connectivity index (χ1) is 11.2. The summed E-state index contributed by atoms with van der Waals surface area (Å²) >= 11 is 0. The number of nitrogens with zero attached hydrogens (tertiary/aromatic N) is 2. The monoisotopic (exact) mass is 312 g/mol. The minimum atomic E-state index is -0.512. The molecule has 1 atom stereocenters. The number of carbonyl (C=O) groups is 1. The van der Waals surface area contributed by atoms with E-state index in [1.54, 1.807) is 20.0 Å². The van der Waals surface area contributed by atoms with Crippen LogP contribution in [-0.2, 0) is 4.74 Å². The number of ether oxygens (including phenoxy) is 2. The maximum Gasteiger partial charge on any atom is 0.360 e. The van der Waals surface area contributed by atoms with Gasteiger partial charge in [-0.1, -0.05) is 18.2 Å². The van der Waals surface area contributed by atoms with Crippen LogP contribution in [0.5, 0.6) is 5.75 Å². The molecule has 118 valence electrons. The van der Waals surface area contributed by atoms with Crippen LogP contribution in [0.15, 0.2) is 47.2 Å². The average Bonchev–Trinajstić information content (AvgIpc) is 3.06. The lowest BCUT2D eigenvalue weighted by molar-refractivity contribution is 0.0519. The molecule has 1 unspecified atom stereocenters. The molecule has 6 heteroatoms. The summed E-state index contributed by atoms with van der Waals surface area (Å²) in [5, 5.41) is 0.983. The summed E-state index contributed by atoms with van der Waals surface area (Å²) < 4.78 is 16.1. The van der Waals surface area contributed by atoms with E-state index >= 15 is 0 Å². The molecule has 0 spiro atoms. The topological polar surface area (TPSA) is 74.5 Å². The van der Waals surface area contributed by atoms with Gasteiger partial charge in [0.1, 0.15) is 17.5 Å². The molecule has 0 N–H and O–H groups in total. The highest BCUT2D eigenvalue weighted by molar-refractivity contribution is 5.86. The SMILES string of the molecule is CCOC(=O)c1coc(C(C)Oc2cccc3cccnc23)n1. The van der Waals surface area contributed by atoms with Gasteiger partial charge in [0, 0.05) is 11.6 Å². The van der Waals surface area contributed by atoms with E-state index in [-0.39, 0.29) is 12.3 Å². The van der Waals surface area contributed by atoms with Crippen molar-refractivity contribution in [3.8, 4) is 5.75 Å². The summed E-state index contributed by atoms with van der Waals surface area (Å²) in [7, 11) is 0. The van der Waals surface area contributed by atoms with Crippen molar-refractivity contribution >= 4 is 16.9 Å². The molecule has 3 aromatic rings. The largest absolute Gasteiger partial charge is 0.479 e. The van der Waals surface area contributed by atoms with Gasteiger partial charge in [0.05, 0.1) is 6.61 Å². The van der Waals surface area contributed by atoms with Gasteiger partial charge in [-0.25, -0.2) is 9.78 Å². The number of benzene rings is 1. The van der Waals surface area contributed by atoms with Gasteiger partial charge in [0.15, 0.2) is 11.8 Å². The van der Waals surface area contributed by atoms with E-state index in [4.69, 9.17) is 13.9 Å². The molecule has 0 saturated heterocycles. The molecule has 0 saturated carbocycles. The Bertz CT molecular complexity index is 823. The second-order valence-electron chi connectivity index (χ2n) is 4.88. The van der Waals surface area contributed by atoms with Crippen LogP contribution in [0.4, 0.5) is 0 Å². The third-order valence-electron chi connectivity index (χ3n) is 3.25. The molecule has 0 fully saturated rings. The molecule has 0 bridgehead atoms. The fourth-order valence-corrected chi connectivity index (χ4v) is 2.19. The summed E-state index contributed by atoms with van der Waals surface area (Å²) in [6.45, 7) is 3.81. The molecule has 0 aliphatic rings. The number of hydrogen-bond donors (Lipinski definition) is 0. The number of aromatic nitrogens is 2. The van der Waals surface area contributed by atoms with Crippen LogP contribution in [0.3, 0.4) is 0 Å². The normalized spacial score (nSPS) is 12.1. The third-order valence-corrected chi connectivity index (χ3v) is 3.25. The Balaban J connectivity index is 1.81. The van der Waals surface area contributed by atoms with Crippen molar-refractivity contribution in [2.24, 2.45) is 0 Å². The van der Waals surface area contributed by atoms with Gasteiger partial charge < -0.3 is 13.9 Å². The van der Waals surface area contributed by atoms with E-state index in [0.29, 0.717) is 11.6 Å². The molecule has 0 amide bonds. The van der Waals surface area contributed by atoms with E-state index in [9.17, 15) is 4.79 Å². The van der Waals surface area contributed by atoms with Gasteiger partial charge >= 0.3 is 5.97 Å². The molecular weight excluding hydrogens is 296 g/mol. The van der Waals surface area contributed by atoms with Crippen molar-refractivity contribution in [2.75, 3.05) is 6.61 Å². The Morgan fingerprint density at radius 1 is 1.30 bits per heavy atom. The van der Waals surface area contributed by atoms with Crippen LogP contribution in [0.2, 0.25) is 0 Å². The van der Waals surface area contributed by atoms with Crippen molar-refractivity contribution < 1.29 is 18.7 Å². The number of oxazole rings is 1. The average molecular weight is 312 g/mol. The summed E-state index contributed by atoms with van der Waals surface area (Å²) in [6, 6.07) is 9.52. The van der Waals surface area contributed by atoms with Crippen LogP contribution < -0.4 is 4.74 Å². The number of carbonyl (C=O) groups excluding carboxylic acids is 1. The Morgan fingerprint density at radius 3 is 2.96 bits per heavy atom. The lowest BCUT2D eigenvalue weighted by atomic mass is 10.2. The molecule has 0 aliphatic heterocycles. The predicted molar refractivity (Wildman–Crippen MR) is 83.2 cm³/mol. The van der Waals surface area contributed by atoms with E-state index in [1.165, 1.54) is 6.26 Å². The van der Waals surface area contributed by atoms with E-state index in [1.807, 2.05) is 30.3 Å². The number of rotatable bonds is 5. The first kappa shape index (κ1) is 15.0. The van der Waals surface area contributed by atoms with Crippen molar-refractivity contribution in [1.29, 1.82) is 0 Å². The van der Waals surface area contributed by atoms with Crippen LogP contribution >= 0.6 is 0 Å². The number of esters is 1. The Morgan fingerprint density at radius 2 is 2.13 bits per heavy atom. The second-order valence-corrected chi connectivity index (χ2v) is 4.88. The Labute approximate surface area is 133 Å². The smallest absolute Gasteiger partial charge is 0.360 e. The highest BCUT2D eigenvalue weighted by atomic mass is 16.5. The molecule has 2 aromatic heterocycles. The van der Waals surface area contributed by atoms with Gasteiger partial charge in [0.25, 0.3) is 0 Å². The summed E-state index contributed by atoms with van der Waals surface area (Å²) in [6.07, 6.45) is 2.52. The first-order valence-corrected chi connectivity index (χ1v) is 7.32. The van der Waals surface area contributed by atoms with Gasteiger partial charge in [-0.15, -0.1) is 0 Å². The zero-order valence-corrected chi connectivity index (χ0v) is 12.9. The number of para-hydroxylation sites is 1. The Kier molecular flexibility index (Phi) is 4.23. The quantitative estimate of drug-likeness (QED) is 0.671. The number of hydrogen-bond acceptors (Lipinski definition) is 6. The molecule has 0 radical (unpaired) electrons. The lowest BCUT2D eigenvalue weighted by Crippen LogP contribution is -2.07. The molecule has 2 heterocycles. The zero-order valence-electron chi connectivity index (χ0n) is 12.9. The van der Waals surface area contributed by atoms with Gasteiger partial charge in [-0.05, 0) is 26.0 Å². The number of pyridine rings is 1. The summed E-state index contributed by atoms with van der Waals surface area (Å²) in [4.78, 5) is 20.1. The third kappa shape index (κ3) is 3.15. The molecule has 3 rings (SSSR count). The molecule has 0 aliphatic carbocycles. The molecule has 23 heavy (non-hydrogen) atoms. The Hall–Kier alpha value is -2.89. The maximum absolute atomic E-state index is 11.6. The lowest BCUT2D eigenvalue weighted by Gasteiger charge is -2.12. The minimum absolute atomic E-state index is 0.133. The molecule has 1 aromatic carbocycles. The zero-order chi connectivity index (χ0) is 16.2. The van der Waals surface area contributed by atoms with Crippen LogP contribution in [0, 0.1) is 0 Å². The number of fused-ring (bicyclic) bond motifs is 1. The van der Waals surface area contributed by atoms with Crippen molar-refractivity contribution in [3.05, 3.63) is 54.4 Å². The standard InChI is InChI=1S/C17H16N2O4/c1-3-21-17(20)13-10-22-16(19-13)11(2)23-14-8-4-6-12-7-5-9-18-15(12)14/h4-11H,3H2,1-2H3. The van der Waals surface area contributed by atoms with E-state index in [2.05, 4.69) is 9.97 Å². The maximum atomic E-state index is 11.6. The van der Waals surface area contributed by atoms with E-state index in [0.717, 1.165) is 10.9 Å². The van der Waals surface area contributed by atoms with Gasteiger partial charge in [-0.3, -0.25) is 4.98 Å². The second kappa shape index (κ2) is 6.48. The highest BCUT2D eigenvalue weighted by Gasteiger charge is 2.19. The molecular formula is C17H16N2O4. The van der Waals surface area contributed by atoms with E-state index < -0.39 is 12.1 Å². The summed E-state index contributed by atoms with van der Waals surface area (Å²) in [5.41, 5.74) is 0.896.